The van der Waals surface area contributed by atoms with E-state index < -0.39 is 58.7 Å². The predicted octanol–water partition coefficient (Wildman–Crippen LogP) is 7.09. The monoisotopic (exact) mass is 849 g/mol. The largest absolute Gasteiger partial charge is 0.485 e. The number of hydrogen-bond donors (Lipinski definition) is 3. The Hall–Kier alpha value is -7.18. The molecule has 18 heteroatoms. The molecular weight excluding hydrogens is 816 g/mol. The molecule has 2 atom stereocenters. The van der Waals surface area contributed by atoms with E-state index in [1.165, 1.54) is 52.2 Å². The Morgan fingerprint density at radius 1 is 0.934 bits per heavy atom. The van der Waals surface area contributed by atoms with E-state index >= 15 is 0 Å². The Bertz CT molecular complexity index is 3020. The summed E-state index contributed by atoms with van der Waals surface area (Å²) in [5.41, 5.74) is 7.82. The number of imide groups is 1. The molecule has 2 aliphatic rings. The molecule has 7 aromatic rings. The number of urea groups is 1. The topological polar surface area (TPSA) is 182 Å². The van der Waals surface area contributed by atoms with Gasteiger partial charge in [0.1, 0.15) is 30.0 Å². The smallest absolute Gasteiger partial charge is 0.332 e. The SMILES string of the molecule is Cc1cc(Oc2ccccc2F)ccc1-n1ncc(C(=O)c2cc3cc(OCC(F)F)c(N4C(=O)[C@@H]5C[C@H](NS(=O)(=O)c6ccc7ccccc7c6)CN5C4=O)cc3[nH]2)c1N. The number of carbonyl (C=O) groups is 3. The number of nitrogens with zero attached hydrogens (tertiary/aromatic N) is 4. The molecule has 14 nitrogen and oxygen atoms in total. The van der Waals surface area contributed by atoms with E-state index in [1.54, 1.807) is 61.5 Å². The molecule has 4 heterocycles. The number of alkyl halides is 2. The van der Waals surface area contributed by atoms with Crippen molar-refractivity contribution in [1.29, 1.82) is 0 Å². The van der Waals surface area contributed by atoms with Gasteiger partial charge >= 0.3 is 6.03 Å². The zero-order valence-electron chi connectivity index (χ0n) is 32.0. The van der Waals surface area contributed by atoms with E-state index in [1.807, 2.05) is 12.1 Å². The summed E-state index contributed by atoms with van der Waals surface area (Å²) in [5.74, 6) is -1.60. The second kappa shape index (κ2) is 15.1. The number of hydrogen-bond acceptors (Lipinski definition) is 9. The maximum atomic E-state index is 14.2. The third-order valence-electron chi connectivity index (χ3n) is 10.7. The standard InChI is InChI=1S/C43H34F3N7O7S/c1-23-14-28(60-37-9-5-4-8-31(37)44)11-13-34(23)53-41(47)30(20-48-53)40(54)33-16-26-17-38(59-22-39(45)46)35(19-32(26)49-33)52-42(55)36-18-27(21-51(36)43(52)56)50-61(57,58)29-12-10-24-6-2-3-7-25(24)15-29/h2-17,19-20,27,36,39,49-50H,18,21-22,47H2,1H3/t27-,36-/m0/s1. The molecule has 2 aromatic heterocycles. The number of aromatic amines is 1. The van der Waals surface area contributed by atoms with Crippen molar-refractivity contribution in [1.82, 2.24) is 24.4 Å². The number of carbonyl (C=O) groups excluding carboxylic acids is 3. The van der Waals surface area contributed by atoms with Crippen LogP contribution in [-0.2, 0) is 14.8 Å². The number of anilines is 2. The minimum absolute atomic E-state index is 0.00267. The van der Waals surface area contributed by atoms with Crippen molar-refractivity contribution < 1.29 is 45.4 Å². The molecule has 310 valence electrons. The first-order valence-electron chi connectivity index (χ1n) is 18.9. The Labute approximate surface area is 345 Å². The third kappa shape index (κ3) is 7.18. The molecule has 61 heavy (non-hydrogen) atoms. The summed E-state index contributed by atoms with van der Waals surface area (Å²) in [6.45, 7) is 0.583. The first-order chi connectivity index (χ1) is 29.3. The number of ketones is 1. The number of para-hydroxylation sites is 1. The van der Waals surface area contributed by atoms with E-state index in [0.717, 1.165) is 15.7 Å². The van der Waals surface area contributed by atoms with Crippen molar-refractivity contribution in [3.63, 3.8) is 0 Å². The van der Waals surface area contributed by atoms with Gasteiger partial charge in [-0.3, -0.25) is 9.59 Å². The summed E-state index contributed by atoms with van der Waals surface area (Å²) in [6, 6.07) is 24.4. The molecule has 0 saturated carbocycles. The van der Waals surface area contributed by atoms with Crippen LogP contribution in [0.5, 0.6) is 17.2 Å². The lowest BCUT2D eigenvalue weighted by atomic mass is 10.1. The number of aryl methyl sites for hydroxylation is 1. The average Bonchev–Trinajstić information content (AvgIpc) is 4.00. The number of nitrogens with one attached hydrogen (secondary N) is 2. The van der Waals surface area contributed by atoms with Crippen LogP contribution in [0.3, 0.4) is 0 Å². The van der Waals surface area contributed by atoms with Gasteiger partial charge in [0, 0.05) is 23.5 Å². The number of nitrogen functional groups attached to an aromatic ring is 1. The Kier molecular flexibility index (Phi) is 9.75. The highest BCUT2D eigenvalue weighted by Crippen LogP contribution is 2.40. The first kappa shape index (κ1) is 39.3. The second-order valence-corrected chi connectivity index (χ2v) is 16.4. The molecule has 0 spiro atoms. The normalized spacial score (nSPS) is 16.6. The highest BCUT2D eigenvalue weighted by molar-refractivity contribution is 7.89. The molecule has 0 unspecified atom stereocenters. The highest BCUT2D eigenvalue weighted by atomic mass is 32.2. The van der Waals surface area contributed by atoms with Gasteiger partial charge in [-0.1, -0.05) is 42.5 Å². The minimum atomic E-state index is -4.03. The molecule has 2 aliphatic heterocycles. The lowest BCUT2D eigenvalue weighted by molar-refractivity contribution is -0.119. The van der Waals surface area contributed by atoms with Crippen LogP contribution in [0.4, 0.5) is 29.5 Å². The van der Waals surface area contributed by atoms with Crippen LogP contribution in [0, 0.1) is 12.7 Å². The number of amides is 3. The minimum Gasteiger partial charge on any atom is -0.485 e. The van der Waals surface area contributed by atoms with Gasteiger partial charge < -0.3 is 25.1 Å². The molecule has 0 bridgehead atoms. The van der Waals surface area contributed by atoms with Crippen LogP contribution >= 0.6 is 0 Å². The van der Waals surface area contributed by atoms with E-state index in [-0.39, 0.29) is 57.6 Å². The van der Waals surface area contributed by atoms with Gasteiger partial charge in [0.15, 0.2) is 11.6 Å². The lowest BCUT2D eigenvalue weighted by Gasteiger charge is -2.21. The molecule has 4 N–H and O–H groups in total. The van der Waals surface area contributed by atoms with Gasteiger partial charge in [0.2, 0.25) is 15.8 Å². The number of nitrogens with two attached hydrogens (primary N) is 1. The van der Waals surface area contributed by atoms with Crippen molar-refractivity contribution >= 4 is 60.9 Å². The van der Waals surface area contributed by atoms with Gasteiger partial charge in [-0.2, -0.15) is 5.10 Å². The van der Waals surface area contributed by atoms with Crippen LogP contribution in [0.25, 0.3) is 27.4 Å². The lowest BCUT2D eigenvalue weighted by Crippen LogP contribution is -2.41. The second-order valence-electron chi connectivity index (χ2n) is 14.6. The predicted molar refractivity (Wildman–Crippen MR) is 218 cm³/mol. The van der Waals surface area contributed by atoms with E-state index in [2.05, 4.69) is 14.8 Å². The fourth-order valence-electron chi connectivity index (χ4n) is 7.75. The summed E-state index contributed by atoms with van der Waals surface area (Å²) in [5, 5.41) is 6.26. The van der Waals surface area contributed by atoms with Gasteiger partial charge in [0.05, 0.1) is 33.7 Å². The maximum absolute atomic E-state index is 14.2. The number of benzene rings is 5. The van der Waals surface area contributed by atoms with Crippen LogP contribution in [0.1, 0.15) is 28.0 Å². The summed E-state index contributed by atoms with van der Waals surface area (Å²) in [4.78, 5) is 46.7. The van der Waals surface area contributed by atoms with Crippen LogP contribution in [0.15, 0.2) is 114 Å². The van der Waals surface area contributed by atoms with Crippen molar-refractivity contribution in [3.05, 3.63) is 132 Å². The number of aromatic nitrogens is 3. The summed E-state index contributed by atoms with van der Waals surface area (Å²) in [7, 11) is -4.03. The molecule has 3 amide bonds. The number of H-pyrrole nitrogens is 1. The van der Waals surface area contributed by atoms with Crippen LogP contribution in [-0.4, -0.2) is 77.5 Å². The zero-order chi connectivity index (χ0) is 42.7. The molecule has 2 saturated heterocycles. The third-order valence-corrected chi connectivity index (χ3v) is 12.2. The first-order valence-corrected chi connectivity index (χ1v) is 20.4. The van der Waals surface area contributed by atoms with E-state index in [4.69, 9.17) is 15.2 Å². The number of rotatable bonds is 12. The highest BCUT2D eigenvalue weighted by Gasteiger charge is 2.52. The molecule has 5 aromatic carbocycles. The van der Waals surface area contributed by atoms with Gasteiger partial charge in [0.25, 0.3) is 12.3 Å². The molecular formula is C43H34F3N7O7S. The fourth-order valence-corrected chi connectivity index (χ4v) is 9.02. The summed E-state index contributed by atoms with van der Waals surface area (Å²) < 4.78 is 82.9. The van der Waals surface area contributed by atoms with E-state index in [9.17, 15) is 36.0 Å². The van der Waals surface area contributed by atoms with Crippen molar-refractivity contribution in [2.45, 2.75) is 36.7 Å². The Morgan fingerprint density at radius 2 is 1.70 bits per heavy atom. The number of halogens is 3. The van der Waals surface area contributed by atoms with Gasteiger partial charge in [-0.15, -0.1) is 0 Å². The fraction of sp³-hybridized carbons (Fsp3) is 0.163. The summed E-state index contributed by atoms with van der Waals surface area (Å²) in [6.07, 6.45) is -1.64. The molecule has 9 rings (SSSR count). The quantitative estimate of drug-likeness (QED) is 0.0854. The summed E-state index contributed by atoms with van der Waals surface area (Å²) >= 11 is 0. The molecule has 2 fully saturated rings. The molecule has 0 radical (unpaired) electrons. The number of ether oxygens (including phenoxy) is 2. The van der Waals surface area contributed by atoms with E-state index in [0.29, 0.717) is 22.4 Å². The molecule has 0 aliphatic carbocycles. The van der Waals surface area contributed by atoms with Gasteiger partial charge in [-0.05, 0) is 90.3 Å². The Morgan fingerprint density at radius 3 is 2.46 bits per heavy atom. The van der Waals surface area contributed by atoms with Crippen molar-refractivity contribution in [2.75, 3.05) is 23.8 Å². The van der Waals surface area contributed by atoms with Crippen molar-refractivity contribution in [3.8, 4) is 22.9 Å². The number of fused-ring (bicyclic) bond motifs is 3. The van der Waals surface area contributed by atoms with Crippen molar-refractivity contribution in [2.24, 2.45) is 0 Å². The average molecular weight is 850 g/mol. The Balaban J connectivity index is 0.955. The maximum Gasteiger partial charge on any atom is 0.332 e. The number of sulfonamides is 1. The van der Waals surface area contributed by atoms with Gasteiger partial charge in [-0.25, -0.2) is 40.7 Å². The zero-order valence-corrected chi connectivity index (χ0v) is 32.8. The van der Waals surface area contributed by atoms with Crippen LogP contribution < -0.4 is 24.8 Å². The van der Waals surface area contributed by atoms with Crippen LogP contribution in [0.2, 0.25) is 0 Å².